The molecule has 0 N–H and O–H groups in total. The van der Waals surface area contributed by atoms with E-state index in [2.05, 4.69) is 6.92 Å². The molecule has 0 aliphatic carbocycles. The fourth-order valence-corrected chi connectivity index (χ4v) is 2.29. The summed E-state index contributed by atoms with van der Waals surface area (Å²) in [5, 5.41) is -0.606. The smallest absolute Gasteiger partial charge is 0.131 e. The molecule has 2 rings (SSSR count). The van der Waals surface area contributed by atoms with Crippen molar-refractivity contribution in [3.63, 3.8) is 0 Å². The summed E-state index contributed by atoms with van der Waals surface area (Å²) in [5.74, 6) is -1.16. The molecule has 0 fully saturated rings. The van der Waals surface area contributed by atoms with Crippen molar-refractivity contribution < 1.29 is 8.78 Å². The minimum Gasteiger partial charge on any atom is -0.207 e. The largest absolute Gasteiger partial charge is 0.207 e. The van der Waals surface area contributed by atoms with Crippen LogP contribution in [-0.2, 0) is 6.42 Å². The van der Waals surface area contributed by atoms with Gasteiger partial charge in [-0.2, -0.15) is 0 Å². The van der Waals surface area contributed by atoms with Gasteiger partial charge in [-0.3, -0.25) is 0 Å². The first kappa shape index (κ1) is 14.0. The highest BCUT2D eigenvalue weighted by molar-refractivity contribution is 6.22. The molecule has 0 nitrogen and oxygen atoms in total. The van der Waals surface area contributed by atoms with Crippen molar-refractivity contribution in [2.24, 2.45) is 0 Å². The second kappa shape index (κ2) is 5.70. The van der Waals surface area contributed by atoms with E-state index >= 15 is 0 Å². The van der Waals surface area contributed by atoms with Gasteiger partial charge in [0.15, 0.2) is 0 Å². The van der Waals surface area contributed by atoms with Crippen LogP contribution >= 0.6 is 11.6 Å². The van der Waals surface area contributed by atoms with Crippen LogP contribution in [0.5, 0.6) is 0 Å². The van der Waals surface area contributed by atoms with E-state index < -0.39 is 17.0 Å². The minimum atomic E-state index is -0.609. The van der Waals surface area contributed by atoms with Gasteiger partial charge in [0.25, 0.3) is 0 Å². The predicted molar refractivity (Wildman–Crippen MR) is 74.6 cm³/mol. The van der Waals surface area contributed by atoms with Crippen molar-refractivity contribution in [2.45, 2.75) is 25.6 Å². The van der Waals surface area contributed by atoms with E-state index in [1.807, 2.05) is 24.3 Å². The number of hydrogen-bond acceptors (Lipinski definition) is 0. The number of aryl methyl sites for hydroxylation is 2. The van der Waals surface area contributed by atoms with E-state index in [1.165, 1.54) is 11.6 Å². The van der Waals surface area contributed by atoms with Gasteiger partial charge in [-0.15, -0.1) is 11.6 Å². The van der Waals surface area contributed by atoms with Gasteiger partial charge < -0.3 is 0 Å². The van der Waals surface area contributed by atoms with Crippen LogP contribution in [0.2, 0.25) is 0 Å². The Bertz CT molecular complexity index is 576. The van der Waals surface area contributed by atoms with Gasteiger partial charge in [-0.1, -0.05) is 31.2 Å². The Morgan fingerprint density at radius 3 is 2.26 bits per heavy atom. The molecule has 19 heavy (non-hydrogen) atoms. The molecule has 0 spiro atoms. The van der Waals surface area contributed by atoms with E-state index in [0.29, 0.717) is 11.1 Å². The highest BCUT2D eigenvalue weighted by atomic mass is 35.5. The summed E-state index contributed by atoms with van der Waals surface area (Å²) in [7, 11) is 0. The Morgan fingerprint density at radius 1 is 1.05 bits per heavy atom. The summed E-state index contributed by atoms with van der Waals surface area (Å²) in [6.07, 6.45) is 0.942. The minimum absolute atomic E-state index is 0.310. The molecule has 1 atom stereocenters. The van der Waals surface area contributed by atoms with Crippen LogP contribution < -0.4 is 0 Å². The number of benzene rings is 2. The second-order valence-electron chi connectivity index (χ2n) is 4.58. The fraction of sp³-hybridized carbons (Fsp3) is 0.250. The summed E-state index contributed by atoms with van der Waals surface area (Å²) in [6, 6.07) is 10.1. The molecular weight excluding hydrogens is 266 g/mol. The van der Waals surface area contributed by atoms with Gasteiger partial charge in [0, 0.05) is 11.6 Å². The van der Waals surface area contributed by atoms with Crippen molar-refractivity contribution in [2.75, 3.05) is 0 Å². The average Bonchev–Trinajstić information content (AvgIpc) is 2.42. The molecule has 3 heteroatoms. The highest BCUT2D eigenvalue weighted by Crippen LogP contribution is 2.32. The monoisotopic (exact) mass is 280 g/mol. The summed E-state index contributed by atoms with van der Waals surface area (Å²) >= 11 is 6.29. The molecule has 0 saturated carbocycles. The molecule has 2 aromatic rings. The Labute approximate surface area is 117 Å². The first-order valence-electron chi connectivity index (χ1n) is 6.21. The number of alkyl halides is 1. The molecule has 100 valence electrons. The average molecular weight is 281 g/mol. The fourth-order valence-electron chi connectivity index (χ4n) is 1.98. The Kier molecular flexibility index (Phi) is 4.20. The molecule has 0 bridgehead atoms. The van der Waals surface area contributed by atoms with Crippen LogP contribution in [-0.4, -0.2) is 0 Å². The molecule has 1 unspecified atom stereocenters. The number of rotatable bonds is 3. The molecule has 0 aliphatic heterocycles. The van der Waals surface area contributed by atoms with Crippen molar-refractivity contribution in [3.05, 3.63) is 70.3 Å². The summed E-state index contributed by atoms with van der Waals surface area (Å²) in [6.45, 7) is 3.66. The van der Waals surface area contributed by atoms with Crippen LogP contribution in [0.25, 0.3) is 0 Å². The van der Waals surface area contributed by atoms with E-state index in [1.54, 1.807) is 6.92 Å². The third-order valence-corrected chi connectivity index (χ3v) is 3.72. The van der Waals surface area contributed by atoms with Crippen molar-refractivity contribution in [3.8, 4) is 0 Å². The zero-order valence-corrected chi connectivity index (χ0v) is 11.6. The normalized spacial score (nSPS) is 12.5. The quantitative estimate of drug-likeness (QED) is 0.681. The van der Waals surface area contributed by atoms with E-state index in [4.69, 9.17) is 11.6 Å². The van der Waals surface area contributed by atoms with Crippen LogP contribution in [0.4, 0.5) is 8.78 Å². The molecule has 2 aromatic carbocycles. The van der Waals surface area contributed by atoms with Gasteiger partial charge in [0.2, 0.25) is 0 Å². The zero-order valence-electron chi connectivity index (χ0n) is 10.9. The maximum atomic E-state index is 13.8. The molecule has 0 aliphatic rings. The van der Waals surface area contributed by atoms with Crippen LogP contribution in [0, 0.1) is 18.6 Å². The molecule has 0 aromatic heterocycles. The second-order valence-corrected chi connectivity index (χ2v) is 5.02. The van der Waals surface area contributed by atoms with Crippen LogP contribution in [0.15, 0.2) is 36.4 Å². The van der Waals surface area contributed by atoms with Crippen molar-refractivity contribution >= 4 is 11.6 Å². The molecule has 0 amide bonds. The van der Waals surface area contributed by atoms with Gasteiger partial charge in [-0.05, 0) is 36.1 Å². The molecular formula is C16H15ClF2. The summed E-state index contributed by atoms with van der Waals surface area (Å²) < 4.78 is 27.0. The zero-order chi connectivity index (χ0) is 14.0. The maximum Gasteiger partial charge on any atom is 0.131 e. The topological polar surface area (TPSA) is 0 Å². The van der Waals surface area contributed by atoms with Gasteiger partial charge in [0.1, 0.15) is 11.6 Å². The lowest BCUT2D eigenvalue weighted by Gasteiger charge is -2.13. The third kappa shape index (κ3) is 2.95. The number of hydrogen-bond donors (Lipinski definition) is 0. The summed E-state index contributed by atoms with van der Waals surface area (Å²) in [5.41, 5.74) is 2.71. The Hall–Kier alpha value is -1.41. The third-order valence-electron chi connectivity index (χ3n) is 3.23. The van der Waals surface area contributed by atoms with Crippen molar-refractivity contribution in [1.29, 1.82) is 0 Å². The standard InChI is InChI=1S/C16H15ClF2/c1-3-11-4-6-12(7-5-11)16(17)13-8-10(2)14(18)9-15(13)19/h4-9,16H,3H2,1-2H3. The van der Waals surface area contributed by atoms with Crippen LogP contribution in [0.3, 0.4) is 0 Å². The number of halogens is 3. The van der Waals surface area contributed by atoms with E-state index in [9.17, 15) is 8.78 Å². The molecule has 0 radical (unpaired) electrons. The molecule has 0 heterocycles. The Balaban J connectivity index is 2.37. The lowest BCUT2D eigenvalue weighted by atomic mass is 10.00. The lowest BCUT2D eigenvalue weighted by Crippen LogP contribution is -2.00. The van der Waals surface area contributed by atoms with Gasteiger partial charge in [-0.25, -0.2) is 8.78 Å². The first-order chi connectivity index (χ1) is 9.02. The SMILES string of the molecule is CCc1ccc(C(Cl)c2cc(C)c(F)cc2F)cc1. The predicted octanol–water partition coefficient (Wildman–Crippen LogP) is 5.16. The van der Waals surface area contributed by atoms with E-state index in [0.717, 1.165) is 18.1 Å². The highest BCUT2D eigenvalue weighted by Gasteiger charge is 2.17. The Morgan fingerprint density at radius 2 is 1.68 bits per heavy atom. The van der Waals surface area contributed by atoms with Crippen molar-refractivity contribution in [1.82, 2.24) is 0 Å². The van der Waals surface area contributed by atoms with Gasteiger partial charge in [0.05, 0.1) is 5.38 Å². The molecule has 0 saturated heterocycles. The van der Waals surface area contributed by atoms with Crippen LogP contribution in [0.1, 0.15) is 34.6 Å². The maximum absolute atomic E-state index is 13.8. The van der Waals surface area contributed by atoms with E-state index in [-0.39, 0.29) is 0 Å². The van der Waals surface area contributed by atoms with Gasteiger partial charge >= 0.3 is 0 Å². The summed E-state index contributed by atoms with van der Waals surface area (Å²) in [4.78, 5) is 0. The first-order valence-corrected chi connectivity index (χ1v) is 6.65. The lowest BCUT2D eigenvalue weighted by molar-refractivity contribution is 0.568.